The van der Waals surface area contributed by atoms with Gasteiger partial charge in [-0.15, -0.1) is 0 Å². The van der Waals surface area contributed by atoms with Crippen molar-refractivity contribution in [3.63, 3.8) is 0 Å². The molecule has 1 aliphatic carbocycles. The summed E-state index contributed by atoms with van der Waals surface area (Å²) in [5, 5.41) is 27.9. The maximum Gasteiger partial charge on any atom is 0.326 e. The van der Waals surface area contributed by atoms with Crippen LogP contribution in [0.1, 0.15) is 114 Å². The standard InChI is InChI=1S/C50H67N7O11/c51-26-5-4-14-36(47(64)53-37(30-32-10-2-1-3-11-32)42(59)22-24-45(62)56-28-9-17-41(56)50(67)68)52-48(65)40-16-8-27-55(40)44(61)25-23-43(60)39-15-7-29-57(39)49(66)38(54-46(63)34-12-6-13-34)31-33-18-20-35(58)21-19-33/h1-3,10-11,18-21,34,36-41,58H,4-9,12-17,22-31,51H2,(H,52,65)(H,53,64)(H,54,63)(H,67,68)/t36-,37-,38-,39-,40-,41-/m0/s1. The predicted octanol–water partition coefficient (Wildman–Crippen LogP) is 2.32. The highest BCUT2D eigenvalue weighted by molar-refractivity contribution is 5.98. The lowest BCUT2D eigenvalue weighted by atomic mass is 9.84. The second-order valence-corrected chi connectivity index (χ2v) is 18.6. The van der Waals surface area contributed by atoms with Gasteiger partial charge in [-0.25, -0.2) is 4.79 Å². The highest BCUT2D eigenvalue weighted by atomic mass is 16.4. The molecule has 6 atom stereocenters. The molecular formula is C50H67N7O11. The number of hydrogen-bond donors (Lipinski definition) is 6. The second kappa shape index (κ2) is 24.7. The van der Waals surface area contributed by atoms with Crippen molar-refractivity contribution in [2.75, 3.05) is 26.2 Å². The van der Waals surface area contributed by atoms with Crippen LogP contribution < -0.4 is 21.7 Å². The first-order valence-electron chi connectivity index (χ1n) is 24.3. The average Bonchev–Trinajstić information content (AvgIpc) is 4.12. The number of rotatable bonds is 24. The smallest absolute Gasteiger partial charge is 0.326 e. The van der Waals surface area contributed by atoms with Gasteiger partial charge in [0.1, 0.15) is 29.9 Å². The van der Waals surface area contributed by atoms with E-state index < -0.39 is 71.6 Å². The number of likely N-dealkylation sites (tertiary alicyclic amines) is 3. The molecule has 18 nitrogen and oxygen atoms in total. The van der Waals surface area contributed by atoms with Crippen LogP contribution in [0.15, 0.2) is 54.6 Å². The number of ketones is 2. The van der Waals surface area contributed by atoms with Gasteiger partial charge < -0.3 is 46.6 Å². The minimum absolute atomic E-state index is 0.0701. The van der Waals surface area contributed by atoms with E-state index in [4.69, 9.17) is 5.73 Å². The van der Waals surface area contributed by atoms with Crippen LogP contribution in [0.3, 0.4) is 0 Å². The Bertz CT molecular complexity index is 2130. The summed E-state index contributed by atoms with van der Waals surface area (Å²) in [6, 6.07) is 9.68. The summed E-state index contributed by atoms with van der Waals surface area (Å²) < 4.78 is 0. The number of aliphatic carboxylic acids is 1. The van der Waals surface area contributed by atoms with Crippen LogP contribution in [0.5, 0.6) is 5.75 Å². The van der Waals surface area contributed by atoms with Crippen LogP contribution in [0.25, 0.3) is 0 Å². The number of carbonyl (C=O) groups excluding carboxylic acids is 8. The van der Waals surface area contributed by atoms with E-state index in [0.717, 1.165) is 30.4 Å². The zero-order valence-corrected chi connectivity index (χ0v) is 38.8. The number of nitrogens with zero attached hydrogens (tertiary/aromatic N) is 3. The summed E-state index contributed by atoms with van der Waals surface area (Å²) in [7, 11) is 0. The van der Waals surface area contributed by atoms with Gasteiger partial charge in [-0.3, -0.25) is 38.4 Å². The van der Waals surface area contributed by atoms with Gasteiger partial charge in [-0.1, -0.05) is 48.9 Å². The van der Waals surface area contributed by atoms with E-state index in [1.807, 2.05) is 6.07 Å². The molecular weight excluding hydrogens is 875 g/mol. The Morgan fingerprint density at radius 1 is 0.588 bits per heavy atom. The Morgan fingerprint density at radius 2 is 1.16 bits per heavy atom. The fraction of sp³-hybridized carbons (Fsp3) is 0.580. The van der Waals surface area contributed by atoms with Gasteiger partial charge in [-0.05, 0) is 107 Å². The molecule has 0 aromatic heterocycles. The van der Waals surface area contributed by atoms with Crippen molar-refractivity contribution in [2.45, 2.75) is 152 Å². The number of amides is 6. The molecule has 3 aliphatic heterocycles. The molecule has 18 heteroatoms. The third kappa shape index (κ3) is 13.7. The van der Waals surface area contributed by atoms with Gasteiger partial charge in [0, 0.05) is 57.7 Å². The monoisotopic (exact) mass is 941 g/mol. The van der Waals surface area contributed by atoms with Crippen LogP contribution in [-0.2, 0) is 56.0 Å². The topological polar surface area (TPSA) is 266 Å². The molecule has 0 radical (unpaired) electrons. The number of carbonyl (C=O) groups is 9. The third-order valence-corrected chi connectivity index (χ3v) is 13.8. The fourth-order valence-electron chi connectivity index (χ4n) is 9.74. The molecule has 368 valence electrons. The third-order valence-electron chi connectivity index (χ3n) is 13.8. The largest absolute Gasteiger partial charge is 0.508 e. The number of phenols is 1. The molecule has 0 bridgehead atoms. The molecule has 3 saturated heterocycles. The van der Waals surface area contributed by atoms with Gasteiger partial charge >= 0.3 is 5.97 Å². The van der Waals surface area contributed by atoms with E-state index in [1.54, 1.807) is 36.4 Å². The first-order valence-corrected chi connectivity index (χ1v) is 24.3. The molecule has 6 amide bonds. The van der Waals surface area contributed by atoms with Crippen LogP contribution in [-0.4, -0.2) is 140 Å². The molecule has 2 aromatic carbocycles. The first kappa shape index (κ1) is 51.2. The van der Waals surface area contributed by atoms with Crippen molar-refractivity contribution < 1.29 is 53.4 Å². The molecule has 6 rings (SSSR count). The lowest BCUT2D eigenvalue weighted by molar-refractivity contribution is -0.148. The summed E-state index contributed by atoms with van der Waals surface area (Å²) in [5.41, 5.74) is 7.24. The van der Waals surface area contributed by atoms with E-state index >= 15 is 0 Å². The minimum Gasteiger partial charge on any atom is -0.508 e. The molecule has 1 saturated carbocycles. The SMILES string of the molecule is NCCCC[C@H](NC(=O)[C@@H]1CCCN1C(=O)CCC(=O)[C@@H]1CCCN1C(=O)[C@H](Cc1ccc(O)cc1)NC(=O)C1CCC1)C(=O)N[C@@H](Cc1ccccc1)C(=O)CCC(=O)N1CCC[C@H]1C(=O)O. The number of carboxylic acid groups (broad SMARTS) is 1. The van der Waals surface area contributed by atoms with E-state index in [2.05, 4.69) is 16.0 Å². The van der Waals surface area contributed by atoms with Crippen molar-refractivity contribution in [1.29, 1.82) is 0 Å². The molecule has 3 heterocycles. The molecule has 0 spiro atoms. The maximum atomic E-state index is 14.1. The number of phenolic OH excluding ortho intramolecular Hbond substituents is 1. The zero-order chi connectivity index (χ0) is 48.7. The summed E-state index contributed by atoms with van der Waals surface area (Å²) in [4.78, 5) is 125. The van der Waals surface area contributed by atoms with E-state index in [-0.39, 0.29) is 87.3 Å². The molecule has 4 aliphatic rings. The second-order valence-electron chi connectivity index (χ2n) is 18.6. The van der Waals surface area contributed by atoms with Crippen LogP contribution >= 0.6 is 0 Å². The van der Waals surface area contributed by atoms with Crippen molar-refractivity contribution >= 4 is 53.0 Å². The van der Waals surface area contributed by atoms with Gasteiger partial charge in [0.2, 0.25) is 35.4 Å². The number of hydrogen-bond acceptors (Lipinski definition) is 11. The highest BCUT2D eigenvalue weighted by Crippen LogP contribution is 2.28. The Kier molecular flexibility index (Phi) is 18.6. The summed E-state index contributed by atoms with van der Waals surface area (Å²) in [6.45, 7) is 1.21. The van der Waals surface area contributed by atoms with Gasteiger partial charge in [-0.2, -0.15) is 0 Å². The molecule has 4 fully saturated rings. The normalized spacial score (nSPS) is 20.5. The van der Waals surface area contributed by atoms with Crippen LogP contribution in [0.2, 0.25) is 0 Å². The lowest BCUT2D eigenvalue weighted by Gasteiger charge is -2.31. The quantitative estimate of drug-likeness (QED) is 0.0829. The lowest BCUT2D eigenvalue weighted by Crippen LogP contribution is -2.55. The van der Waals surface area contributed by atoms with E-state index in [0.29, 0.717) is 64.5 Å². The number of benzene rings is 2. The number of Topliss-reactive ketones (excluding diaryl/α,β-unsaturated/α-hetero) is 2. The Morgan fingerprint density at radius 3 is 1.79 bits per heavy atom. The average molecular weight is 942 g/mol. The van der Waals surface area contributed by atoms with Crippen molar-refractivity contribution in [1.82, 2.24) is 30.7 Å². The Hall–Kier alpha value is -6.17. The fourth-order valence-corrected chi connectivity index (χ4v) is 9.74. The zero-order valence-electron chi connectivity index (χ0n) is 38.8. The van der Waals surface area contributed by atoms with E-state index in [9.17, 15) is 53.4 Å². The van der Waals surface area contributed by atoms with Crippen molar-refractivity contribution in [2.24, 2.45) is 11.7 Å². The number of nitrogens with two attached hydrogens (primary N) is 1. The minimum atomic E-state index is -1.10. The van der Waals surface area contributed by atoms with Crippen molar-refractivity contribution in [3.05, 3.63) is 65.7 Å². The molecule has 7 N–H and O–H groups in total. The van der Waals surface area contributed by atoms with Gasteiger partial charge in [0.15, 0.2) is 11.6 Å². The van der Waals surface area contributed by atoms with E-state index in [1.165, 1.54) is 26.8 Å². The number of nitrogens with one attached hydrogen (secondary N) is 3. The Balaban J connectivity index is 1.06. The Labute approximate surface area is 397 Å². The summed E-state index contributed by atoms with van der Waals surface area (Å²) in [5.74, 6) is -4.53. The maximum absolute atomic E-state index is 14.1. The number of aromatic hydroxyl groups is 1. The van der Waals surface area contributed by atoms with Gasteiger partial charge in [0.05, 0.1) is 12.1 Å². The number of carboxylic acids is 1. The summed E-state index contributed by atoms with van der Waals surface area (Å²) >= 11 is 0. The van der Waals surface area contributed by atoms with Crippen molar-refractivity contribution in [3.8, 4) is 5.75 Å². The predicted molar refractivity (Wildman–Crippen MR) is 248 cm³/mol. The number of unbranched alkanes of at least 4 members (excludes halogenated alkanes) is 1. The molecule has 2 aromatic rings. The molecule has 0 unspecified atom stereocenters. The summed E-state index contributed by atoms with van der Waals surface area (Å²) in [6.07, 6.45) is 5.82. The van der Waals surface area contributed by atoms with Crippen LogP contribution in [0, 0.1) is 5.92 Å². The first-order chi connectivity index (χ1) is 32.7. The van der Waals surface area contributed by atoms with Crippen LogP contribution in [0.4, 0.5) is 0 Å². The highest BCUT2D eigenvalue weighted by Gasteiger charge is 2.41. The molecule has 68 heavy (non-hydrogen) atoms. The van der Waals surface area contributed by atoms with Gasteiger partial charge in [0.25, 0.3) is 0 Å².